The third kappa shape index (κ3) is 7.20. The highest BCUT2D eigenvalue weighted by atomic mass is 16.6. The number of hydrogen-bond donors (Lipinski definition) is 1. The quantitative estimate of drug-likeness (QED) is 0.310. The van der Waals surface area contributed by atoms with E-state index in [1.807, 2.05) is 19.9 Å². The number of aliphatic hydroxyl groups is 1. The summed E-state index contributed by atoms with van der Waals surface area (Å²) in [5.74, 6) is -0.509. The fraction of sp³-hybridized carbons (Fsp3) is 0.583. The smallest absolute Gasteiger partial charge is 0.333 e. The summed E-state index contributed by atoms with van der Waals surface area (Å²) in [6.45, 7) is 9.32. The summed E-state index contributed by atoms with van der Waals surface area (Å²) in [5.41, 5.74) is 1.46. The van der Waals surface area contributed by atoms with Crippen molar-refractivity contribution in [1.82, 2.24) is 0 Å². The molecule has 1 N–H and O–H groups in total. The first kappa shape index (κ1) is 14.9. The number of carbonyl (C=O) groups is 1. The van der Waals surface area contributed by atoms with E-state index in [2.05, 4.69) is 6.58 Å². The van der Waals surface area contributed by atoms with E-state index < -0.39 is 12.1 Å². The van der Waals surface area contributed by atoms with Gasteiger partial charge in [0.15, 0.2) is 0 Å². The normalized spacial score (nSPS) is 11.8. The molecule has 1 atom stereocenters. The summed E-state index contributed by atoms with van der Waals surface area (Å²) in [6, 6.07) is 0. The first-order chi connectivity index (χ1) is 7.47. The van der Waals surface area contributed by atoms with Crippen molar-refractivity contribution >= 4 is 5.97 Å². The lowest BCUT2D eigenvalue weighted by Crippen LogP contribution is -2.27. The molecule has 0 aromatic heterocycles. The van der Waals surface area contributed by atoms with Crippen LogP contribution in [0.3, 0.4) is 0 Å². The minimum absolute atomic E-state index is 0.180. The van der Waals surface area contributed by atoms with Crippen LogP contribution in [0.1, 0.15) is 20.8 Å². The van der Waals surface area contributed by atoms with Crippen LogP contribution in [0, 0.1) is 0 Å². The minimum atomic E-state index is -0.630. The highest BCUT2D eigenvalue weighted by molar-refractivity contribution is 5.87. The highest BCUT2D eigenvalue weighted by Crippen LogP contribution is 1.99. The molecule has 4 nitrogen and oxygen atoms in total. The van der Waals surface area contributed by atoms with Crippen molar-refractivity contribution in [2.24, 2.45) is 0 Å². The zero-order chi connectivity index (χ0) is 12.6. The molecular formula is C12H20O4. The lowest BCUT2D eigenvalue weighted by atomic mass is 10.3. The van der Waals surface area contributed by atoms with Crippen molar-refractivity contribution in [2.75, 3.05) is 19.8 Å². The maximum absolute atomic E-state index is 11.2. The van der Waals surface area contributed by atoms with E-state index in [1.165, 1.54) is 0 Å². The van der Waals surface area contributed by atoms with Crippen molar-refractivity contribution in [3.05, 3.63) is 23.8 Å². The molecule has 0 aliphatic heterocycles. The van der Waals surface area contributed by atoms with Gasteiger partial charge in [-0.25, -0.2) is 4.79 Å². The zero-order valence-corrected chi connectivity index (χ0v) is 10.2. The number of esters is 1. The van der Waals surface area contributed by atoms with Crippen LogP contribution >= 0.6 is 0 Å². The molecule has 0 amide bonds. The molecule has 0 radical (unpaired) electrons. The molecule has 0 aromatic carbocycles. The second-order valence-electron chi connectivity index (χ2n) is 3.81. The molecule has 16 heavy (non-hydrogen) atoms. The summed E-state index contributed by atoms with van der Waals surface area (Å²) in [4.78, 5) is 11.2. The first-order valence-corrected chi connectivity index (χ1v) is 5.15. The maximum Gasteiger partial charge on any atom is 0.333 e. The SMILES string of the molecule is C=C(C)C(=O)OC(CO)COCC=C(C)C. The number of ether oxygens (including phenoxy) is 2. The summed E-state index contributed by atoms with van der Waals surface area (Å²) < 4.78 is 10.2. The van der Waals surface area contributed by atoms with Gasteiger partial charge in [0.1, 0.15) is 6.10 Å². The Morgan fingerprint density at radius 3 is 2.50 bits per heavy atom. The van der Waals surface area contributed by atoms with Crippen LogP contribution in [-0.4, -0.2) is 37.0 Å². The average molecular weight is 228 g/mol. The van der Waals surface area contributed by atoms with Crippen LogP contribution in [0.15, 0.2) is 23.8 Å². The summed E-state index contributed by atoms with van der Waals surface area (Å²) >= 11 is 0. The number of allylic oxidation sites excluding steroid dienone is 1. The van der Waals surface area contributed by atoms with Gasteiger partial charge >= 0.3 is 5.97 Å². The monoisotopic (exact) mass is 228 g/mol. The van der Waals surface area contributed by atoms with Crippen LogP contribution in [-0.2, 0) is 14.3 Å². The standard InChI is InChI=1S/C12H20O4/c1-9(2)5-6-15-8-11(7-13)16-12(14)10(3)4/h5,11,13H,3,6-8H2,1-2,4H3. The molecule has 1 unspecified atom stereocenters. The van der Waals surface area contributed by atoms with Crippen LogP contribution < -0.4 is 0 Å². The average Bonchev–Trinajstić information content (AvgIpc) is 2.21. The molecule has 0 spiro atoms. The van der Waals surface area contributed by atoms with Gasteiger partial charge in [0.2, 0.25) is 0 Å². The Morgan fingerprint density at radius 1 is 1.44 bits per heavy atom. The summed E-state index contributed by atoms with van der Waals surface area (Å²) in [7, 11) is 0. The maximum atomic E-state index is 11.2. The highest BCUT2D eigenvalue weighted by Gasteiger charge is 2.13. The van der Waals surface area contributed by atoms with E-state index in [-0.39, 0.29) is 13.2 Å². The van der Waals surface area contributed by atoms with Crippen molar-refractivity contribution in [1.29, 1.82) is 0 Å². The molecule has 0 fully saturated rings. The largest absolute Gasteiger partial charge is 0.454 e. The molecule has 0 saturated heterocycles. The molecule has 0 aliphatic rings. The predicted molar refractivity (Wildman–Crippen MR) is 62.0 cm³/mol. The van der Waals surface area contributed by atoms with Gasteiger partial charge in [0.05, 0.1) is 19.8 Å². The van der Waals surface area contributed by atoms with Gasteiger partial charge in [-0.2, -0.15) is 0 Å². The second kappa shape index (κ2) is 8.07. The van der Waals surface area contributed by atoms with Gasteiger partial charge in [-0.1, -0.05) is 18.2 Å². The minimum Gasteiger partial charge on any atom is -0.454 e. The van der Waals surface area contributed by atoms with Crippen LogP contribution in [0.25, 0.3) is 0 Å². The Morgan fingerprint density at radius 2 is 2.06 bits per heavy atom. The summed E-state index contributed by atoms with van der Waals surface area (Å²) in [6.07, 6.45) is 1.28. The number of rotatable bonds is 7. The van der Waals surface area contributed by atoms with E-state index >= 15 is 0 Å². The van der Waals surface area contributed by atoms with E-state index in [1.54, 1.807) is 6.92 Å². The third-order valence-electron chi connectivity index (χ3n) is 1.74. The topological polar surface area (TPSA) is 55.8 Å². The van der Waals surface area contributed by atoms with Crippen LogP contribution in [0.2, 0.25) is 0 Å². The van der Waals surface area contributed by atoms with Gasteiger partial charge < -0.3 is 14.6 Å². The van der Waals surface area contributed by atoms with E-state index in [0.717, 1.165) is 5.57 Å². The Hall–Kier alpha value is -1.13. The second-order valence-corrected chi connectivity index (χ2v) is 3.81. The first-order valence-electron chi connectivity index (χ1n) is 5.15. The molecule has 0 rings (SSSR count). The van der Waals surface area contributed by atoms with E-state index in [0.29, 0.717) is 12.2 Å². The third-order valence-corrected chi connectivity index (χ3v) is 1.74. The molecule has 0 aromatic rings. The van der Waals surface area contributed by atoms with E-state index in [4.69, 9.17) is 14.6 Å². The fourth-order valence-corrected chi connectivity index (χ4v) is 0.801. The number of hydrogen-bond acceptors (Lipinski definition) is 4. The van der Waals surface area contributed by atoms with Gasteiger partial charge in [-0.05, 0) is 20.8 Å². The molecule has 0 aliphatic carbocycles. The van der Waals surface area contributed by atoms with Gasteiger partial charge in [-0.3, -0.25) is 0 Å². The van der Waals surface area contributed by atoms with Crippen LogP contribution in [0.5, 0.6) is 0 Å². The molecule has 0 saturated carbocycles. The Kier molecular flexibility index (Phi) is 7.50. The zero-order valence-electron chi connectivity index (χ0n) is 10.2. The van der Waals surface area contributed by atoms with Gasteiger partial charge in [-0.15, -0.1) is 0 Å². The Balaban J connectivity index is 3.88. The van der Waals surface area contributed by atoms with Crippen molar-refractivity contribution in [3.8, 4) is 0 Å². The molecule has 0 heterocycles. The van der Waals surface area contributed by atoms with Crippen molar-refractivity contribution < 1.29 is 19.4 Å². The fourth-order valence-electron chi connectivity index (χ4n) is 0.801. The van der Waals surface area contributed by atoms with Gasteiger partial charge in [0.25, 0.3) is 0 Å². The lowest BCUT2D eigenvalue weighted by Gasteiger charge is -2.15. The van der Waals surface area contributed by atoms with Crippen LogP contribution in [0.4, 0.5) is 0 Å². The Bertz CT molecular complexity index is 264. The molecule has 92 valence electrons. The molecular weight excluding hydrogens is 208 g/mol. The van der Waals surface area contributed by atoms with Crippen molar-refractivity contribution in [3.63, 3.8) is 0 Å². The summed E-state index contributed by atoms with van der Waals surface area (Å²) in [5, 5.41) is 8.96. The van der Waals surface area contributed by atoms with Gasteiger partial charge in [0, 0.05) is 5.57 Å². The van der Waals surface area contributed by atoms with Crippen molar-refractivity contribution in [2.45, 2.75) is 26.9 Å². The molecule has 4 heteroatoms. The number of aliphatic hydroxyl groups excluding tert-OH is 1. The Labute approximate surface area is 96.6 Å². The number of carbonyl (C=O) groups excluding carboxylic acids is 1. The molecule has 0 bridgehead atoms. The predicted octanol–water partition coefficient (Wildman–Crippen LogP) is 1.45. The van der Waals surface area contributed by atoms with E-state index in [9.17, 15) is 4.79 Å². The lowest BCUT2D eigenvalue weighted by molar-refractivity contribution is -0.149.